The Morgan fingerprint density at radius 3 is 2.65 bits per heavy atom. The summed E-state index contributed by atoms with van der Waals surface area (Å²) in [5.74, 6) is -1.14. The minimum Gasteiger partial charge on any atom is -0.477 e. The zero-order valence-corrected chi connectivity index (χ0v) is 11.4. The van der Waals surface area contributed by atoms with Crippen LogP contribution in [0.2, 0.25) is 10.2 Å². The van der Waals surface area contributed by atoms with Gasteiger partial charge in [-0.3, -0.25) is 0 Å². The fourth-order valence-electron chi connectivity index (χ4n) is 1.85. The molecule has 0 atom stereocenters. The highest BCUT2D eigenvalue weighted by molar-refractivity contribution is 6.33. The Hall–Kier alpha value is -2.11. The van der Waals surface area contributed by atoms with Crippen molar-refractivity contribution in [3.63, 3.8) is 0 Å². The second kappa shape index (κ2) is 4.77. The number of nitrogens with zero attached hydrogens (tertiary/aromatic N) is 3. The maximum absolute atomic E-state index is 11.0. The van der Waals surface area contributed by atoms with E-state index >= 15 is 0 Å². The van der Waals surface area contributed by atoms with E-state index in [1.165, 1.54) is 10.6 Å². The van der Waals surface area contributed by atoms with Gasteiger partial charge in [0, 0.05) is 17.7 Å². The molecule has 2 heterocycles. The molecule has 100 valence electrons. The predicted molar refractivity (Wildman–Crippen MR) is 75.4 cm³/mol. The number of hydrogen-bond acceptors (Lipinski definition) is 3. The molecule has 0 aliphatic heterocycles. The summed E-state index contributed by atoms with van der Waals surface area (Å²) in [5.41, 5.74) is 1.53. The van der Waals surface area contributed by atoms with Crippen LogP contribution in [0.3, 0.4) is 0 Å². The Morgan fingerprint density at radius 1 is 1.20 bits per heavy atom. The average molecular weight is 308 g/mol. The molecule has 0 aliphatic carbocycles. The van der Waals surface area contributed by atoms with Crippen molar-refractivity contribution in [1.29, 1.82) is 0 Å². The summed E-state index contributed by atoms with van der Waals surface area (Å²) in [6.07, 6.45) is 0. The third-order valence-electron chi connectivity index (χ3n) is 2.75. The molecule has 0 fully saturated rings. The second-order valence-corrected chi connectivity index (χ2v) is 4.84. The number of aromatic carboxylic acids is 1. The fourth-order valence-corrected chi connectivity index (χ4v) is 2.31. The van der Waals surface area contributed by atoms with Crippen LogP contribution in [-0.4, -0.2) is 25.7 Å². The summed E-state index contributed by atoms with van der Waals surface area (Å²) in [6.45, 7) is 0. The molecule has 1 N–H and O–H groups in total. The van der Waals surface area contributed by atoms with E-state index in [-0.39, 0.29) is 10.8 Å². The van der Waals surface area contributed by atoms with Crippen LogP contribution in [0.4, 0.5) is 0 Å². The highest BCUT2D eigenvalue weighted by atomic mass is 35.5. The molecule has 5 nitrogen and oxygen atoms in total. The van der Waals surface area contributed by atoms with Crippen LogP contribution >= 0.6 is 23.2 Å². The van der Waals surface area contributed by atoms with E-state index in [0.717, 1.165) is 5.56 Å². The van der Waals surface area contributed by atoms with E-state index in [9.17, 15) is 4.79 Å². The van der Waals surface area contributed by atoms with Gasteiger partial charge in [-0.1, -0.05) is 41.4 Å². The first-order valence-electron chi connectivity index (χ1n) is 5.61. The number of rotatable bonds is 2. The Bertz CT molecular complexity index is 830. The monoisotopic (exact) mass is 307 g/mol. The van der Waals surface area contributed by atoms with Gasteiger partial charge in [-0.25, -0.2) is 14.3 Å². The summed E-state index contributed by atoms with van der Waals surface area (Å²) in [5, 5.41) is 14.0. The molecule has 0 amide bonds. The summed E-state index contributed by atoms with van der Waals surface area (Å²) >= 11 is 12.1. The van der Waals surface area contributed by atoms with E-state index in [0.29, 0.717) is 16.4 Å². The maximum Gasteiger partial charge on any atom is 0.354 e. The number of fused-ring (bicyclic) bond motifs is 1. The molecule has 20 heavy (non-hydrogen) atoms. The molecule has 2 aromatic heterocycles. The van der Waals surface area contributed by atoms with Crippen LogP contribution in [0.1, 0.15) is 10.5 Å². The normalized spacial score (nSPS) is 10.9. The van der Waals surface area contributed by atoms with Gasteiger partial charge in [0.25, 0.3) is 0 Å². The standard InChI is InChI=1S/C13H7Cl2N3O2/c14-8-4-2-1-3-7(8)9-6-12-16-10(13(19)20)5-11(15)18(12)17-9/h1-6H,(H,19,20). The average Bonchev–Trinajstić information content (AvgIpc) is 2.83. The SMILES string of the molecule is O=C(O)c1cc(Cl)n2nc(-c3ccccc3Cl)cc2n1. The minimum atomic E-state index is -1.14. The van der Waals surface area contributed by atoms with Crippen molar-refractivity contribution in [3.05, 3.63) is 52.3 Å². The second-order valence-electron chi connectivity index (χ2n) is 4.05. The number of halogens is 2. The Labute approximate surface area is 123 Å². The Kier molecular flexibility index (Phi) is 3.08. The third-order valence-corrected chi connectivity index (χ3v) is 3.35. The molecule has 0 aliphatic rings. The van der Waals surface area contributed by atoms with Crippen molar-refractivity contribution in [1.82, 2.24) is 14.6 Å². The van der Waals surface area contributed by atoms with Crippen molar-refractivity contribution >= 4 is 34.8 Å². The first-order chi connectivity index (χ1) is 9.56. The van der Waals surface area contributed by atoms with Crippen LogP contribution in [0.15, 0.2) is 36.4 Å². The summed E-state index contributed by atoms with van der Waals surface area (Å²) in [7, 11) is 0. The van der Waals surface area contributed by atoms with Gasteiger partial charge >= 0.3 is 5.97 Å². The van der Waals surface area contributed by atoms with Crippen LogP contribution in [0, 0.1) is 0 Å². The zero-order valence-electron chi connectivity index (χ0n) is 9.92. The molecule has 3 rings (SSSR count). The van der Waals surface area contributed by atoms with Crippen molar-refractivity contribution in [2.24, 2.45) is 0 Å². The van der Waals surface area contributed by atoms with E-state index in [2.05, 4.69) is 10.1 Å². The lowest BCUT2D eigenvalue weighted by atomic mass is 10.1. The van der Waals surface area contributed by atoms with Gasteiger partial charge in [-0.2, -0.15) is 5.10 Å². The number of carbonyl (C=O) groups is 1. The van der Waals surface area contributed by atoms with Crippen LogP contribution in [0.25, 0.3) is 16.9 Å². The highest BCUT2D eigenvalue weighted by Crippen LogP contribution is 2.27. The van der Waals surface area contributed by atoms with Crippen molar-refractivity contribution < 1.29 is 9.90 Å². The van der Waals surface area contributed by atoms with Crippen molar-refractivity contribution in [3.8, 4) is 11.3 Å². The molecule has 1 aromatic carbocycles. The summed E-state index contributed by atoms with van der Waals surface area (Å²) in [4.78, 5) is 14.9. The lowest BCUT2D eigenvalue weighted by molar-refractivity contribution is 0.0690. The Balaban J connectivity index is 2.23. The molecule has 0 unspecified atom stereocenters. The van der Waals surface area contributed by atoms with Crippen molar-refractivity contribution in [2.75, 3.05) is 0 Å². The number of benzene rings is 1. The molecular formula is C13H7Cl2N3O2. The van der Waals surface area contributed by atoms with Gasteiger partial charge in [0.05, 0.1) is 10.7 Å². The maximum atomic E-state index is 11.0. The first kappa shape index (κ1) is 12.9. The van der Waals surface area contributed by atoms with Gasteiger partial charge in [-0.15, -0.1) is 0 Å². The van der Waals surface area contributed by atoms with Crippen LogP contribution in [-0.2, 0) is 0 Å². The zero-order chi connectivity index (χ0) is 14.3. The van der Waals surface area contributed by atoms with Gasteiger partial charge in [-0.05, 0) is 6.07 Å². The van der Waals surface area contributed by atoms with Gasteiger partial charge in [0.2, 0.25) is 0 Å². The van der Waals surface area contributed by atoms with Crippen molar-refractivity contribution in [2.45, 2.75) is 0 Å². The number of aromatic nitrogens is 3. The summed E-state index contributed by atoms with van der Waals surface area (Å²) in [6, 6.07) is 10.1. The smallest absolute Gasteiger partial charge is 0.354 e. The number of carboxylic acid groups (broad SMARTS) is 1. The topological polar surface area (TPSA) is 67.5 Å². The molecular weight excluding hydrogens is 301 g/mol. The number of carboxylic acids is 1. The first-order valence-corrected chi connectivity index (χ1v) is 6.36. The van der Waals surface area contributed by atoms with Crippen LogP contribution in [0.5, 0.6) is 0 Å². The van der Waals surface area contributed by atoms with E-state index in [1.807, 2.05) is 18.2 Å². The van der Waals surface area contributed by atoms with E-state index in [4.69, 9.17) is 28.3 Å². The fraction of sp³-hybridized carbons (Fsp3) is 0. The van der Waals surface area contributed by atoms with Gasteiger partial charge < -0.3 is 5.11 Å². The van der Waals surface area contributed by atoms with Gasteiger partial charge in [0.15, 0.2) is 11.3 Å². The lowest BCUT2D eigenvalue weighted by Gasteiger charge is -1.99. The molecule has 7 heteroatoms. The quantitative estimate of drug-likeness (QED) is 0.737. The molecule has 0 spiro atoms. The predicted octanol–water partition coefficient (Wildman–Crippen LogP) is 3.40. The van der Waals surface area contributed by atoms with E-state index < -0.39 is 5.97 Å². The van der Waals surface area contributed by atoms with E-state index in [1.54, 1.807) is 12.1 Å². The van der Waals surface area contributed by atoms with Crippen LogP contribution < -0.4 is 0 Å². The Morgan fingerprint density at radius 2 is 1.95 bits per heavy atom. The largest absolute Gasteiger partial charge is 0.477 e. The molecule has 0 saturated carbocycles. The molecule has 0 radical (unpaired) electrons. The molecule has 3 aromatic rings. The highest BCUT2D eigenvalue weighted by Gasteiger charge is 2.14. The molecule has 0 saturated heterocycles. The molecule has 0 bridgehead atoms. The lowest BCUT2D eigenvalue weighted by Crippen LogP contribution is -2.03. The third kappa shape index (κ3) is 2.11. The summed E-state index contributed by atoms with van der Waals surface area (Å²) < 4.78 is 1.37. The van der Waals surface area contributed by atoms with Gasteiger partial charge in [0.1, 0.15) is 5.15 Å². The number of hydrogen-bond donors (Lipinski definition) is 1. The minimum absolute atomic E-state index is 0.131.